The van der Waals surface area contributed by atoms with Crippen LogP contribution in [-0.4, -0.2) is 58.6 Å². The molecule has 0 aromatic rings. The number of carbonyl (C=O) groups excluding carboxylic acids is 1. The third-order valence-electron chi connectivity index (χ3n) is 1.69. The van der Waals surface area contributed by atoms with E-state index in [9.17, 15) is 14.4 Å². The maximum Gasteiger partial charge on any atom is 0.336 e. The third-order valence-corrected chi connectivity index (χ3v) is 1.69. The van der Waals surface area contributed by atoms with Crippen molar-refractivity contribution < 1.29 is 39.2 Å². The van der Waals surface area contributed by atoms with Crippen LogP contribution in [0.1, 0.15) is 6.42 Å². The Bertz CT molecular complexity index is 306. The SMILES string of the molecule is C=CC(=O)OCCCO.O=C(O)C1OC1C(=O)O. The summed E-state index contributed by atoms with van der Waals surface area (Å²) >= 11 is 0. The lowest BCUT2D eigenvalue weighted by atomic mass is 10.3. The molecule has 18 heavy (non-hydrogen) atoms. The van der Waals surface area contributed by atoms with Gasteiger partial charge in [-0.2, -0.15) is 0 Å². The molecule has 1 rings (SSSR count). The van der Waals surface area contributed by atoms with E-state index >= 15 is 0 Å². The highest BCUT2D eigenvalue weighted by Crippen LogP contribution is 2.21. The smallest absolute Gasteiger partial charge is 0.336 e. The minimum absolute atomic E-state index is 0.0461. The molecular weight excluding hydrogens is 248 g/mol. The lowest BCUT2D eigenvalue weighted by Gasteiger charge is -1.96. The van der Waals surface area contributed by atoms with E-state index in [1.807, 2.05) is 0 Å². The van der Waals surface area contributed by atoms with E-state index in [-0.39, 0.29) is 13.2 Å². The largest absolute Gasteiger partial charge is 0.479 e. The standard InChI is InChI=1S/C6H10O3.C4H4O5/c1-2-6(8)9-5-3-4-7;5-3(6)1-2(9-1)4(7)8/h2,7H,1,3-5H2;1-2H,(H,5,6)(H,7,8). The first-order valence-corrected chi connectivity index (χ1v) is 4.95. The number of esters is 1. The summed E-state index contributed by atoms with van der Waals surface area (Å²) in [5, 5.41) is 24.4. The number of aliphatic hydroxyl groups is 1. The van der Waals surface area contributed by atoms with Crippen LogP contribution in [0.4, 0.5) is 0 Å². The van der Waals surface area contributed by atoms with E-state index in [0.29, 0.717) is 6.42 Å². The van der Waals surface area contributed by atoms with Gasteiger partial charge < -0.3 is 24.8 Å². The van der Waals surface area contributed by atoms with Crippen LogP contribution in [0.5, 0.6) is 0 Å². The summed E-state index contributed by atoms with van der Waals surface area (Å²) in [7, 11) is 0. The Kier molecular flexibility index (Phi) is 7.32. The quantitative estimate of drug-likeness (QED) is 0.241. The van der Waals surface area contributed by atoms with Crippen LogP contribution in [0.3, 0.4) is 0 Å². The number of aliphatic carboxylic acids is 2. The monoisotopic (exact) mass is 262 g/mol. The number of rotatable bonds is 6. The van der Waals surface area contributed by atoms with E-state index in [2.05, 4.69) is 16.1 Å². The second-order valence-corrected chi connectivity index (χ2v) is 3.10. The van der Waals surface area contributed by atoms with Crippen molar-refractivity contribution in [2.24, 2.45) is 0 Å². The normalized spacial score (nSPS) is 20.1. The maximum atomic E-state index is 10.3. The van der Waals surface area contributed by atoms with Crippen molar-refractivity contribution in [3.63, 3.8) is 0 Å². The van der Waals surface area contributed by atoms with Gasteiger partial charge in [0.05, 0.1) is 6.61 Å². The fourth-order valence-electron chi connectivity index (χ4n) is 0.784. The van der Waals surface area contributed by atoms with E-state index < -0.39 is 30.1 Å². The van der Waals surface area contributed by atoms with Crippen molar-refractivity contribution in [1.82, 2.24) is 0 Å². The minimum atomic E-state index is -1.22. The van der Waals surface area contributed by atoms with Crippen molar-refractivity contribution in [2.75, 3.05) is 13.2 Å². The number of ether oxygens (including phenoxy) is 2. The molecule has 0 aromatic carbocycles. The molecule has 8 heteroatoms. The zero-order chi connectivity index (χ0) is 14.1. The maximum absolute atomic E-state index is 10.3. The molecule has 0 bridgehead atoms. The summed E-state index contributed by atoms with van der Waals surface area (Å²) in [5.41, 5.74) is 0. The number of carboxylic acid groups (broad SMARTS) is 2. The van der Waals surface area contributed by atoms with Gasteiger partial charge in [0.1, 0.15) is 0 Å². The van der Waals surface area contributed by atoms with E-state index in [0.717, 1.165) is 6.08 Å². The summed E-state index contributed by atoms with van der Waals surface area (Å²) in [4.78, 5) is 30.0. The molecule has 8 nitrogen and oxygen atoms in total. The summed E-state index contributed by atoms with van der Waals surface area (Å²) in [6.45, 7) is 3.51. The Morgan fingerprint density at radius 3 is 2.00 bits per heavy atom. The molecule has 2 atom stereocenters. The Hall–Kier alpha value is -1.93. The predicted octanol–water partition coefficient (Wildman–Crippen LogP) is -0.979. The van der Waals surface area contributed by atoms with Gasteiger partial charge in [-0.15, -0.1) is 0 Å². The van der Waals surface area contributed by atoms with Gasteiger partial charge in [-0.3, -0.25) is 0 Å². The van der Waals surface area contributed by atoms with Crippen molar-refractivity contribution >= 4 is 17.9 Å². The van der Waals surface area contributed by atoms with Gasteiger partial charge >= 0.3 is 17.9 Å². The Morgan fingerprint density at radius 2 is 1.72 bits per heavy atom. The molecular formula is C10H14O8. The molecule has 1 saturated heterocycles. The van der Waals surface area contributed by atoms with Crippen LogP contribution in [0.25, 0.3) is 0 Å². The summed E-state index contributed by atoms with van der Waals surface area (Å²) in [6.07, 6.45) is -0.665. The molecule has 1 aliphatic rings. The first-order valence-electron chi connectivity index (χ1n) is 4.95. The molecule has 0 amide bonds. The summed E-state index contributed by atoms with van der Waals surface area (Å²) in [5.74, 6) is -2.88. The number of hydrogen-bond donors (Lipinski definition) is 3. The van der Waals surface area contributed by atoms with Crippen molar-refractivity contribution in [3.8, 4) is 0 Å². The second-order valence-electron chi connectivity index (χ2n) is 3.10. The molecule has 0 aromatic heterocycles. The molecule has 0 radical (unpaired) electrons. The average molecular weight is 262 g/mol. The number of carbonyl (C=O) groups is 3. The van der Waals surface area contributed by atoms with Gasteiger partial charge in [-0.1, -0.05) is 6.58 Å². The molecule has 3 N–H and O–H groups in total. The van der Waals surface area contributed by atoms with Crippen molar-refractivity contribution in [3.05, 3.63) is 12.7 Å². The zero-order valence-corrected chi connectivity index (χ0v) is 9.44. The lowest BCUT2D eigenvalue weighted by molar-refractivity contribution is -0.140. The van der Waals surface area contributed by atoms with Gasteiger partial charge in [0.15, 0.2) is 12.2 Å². The second kappa shape index (κ2) is 8.20. The van der Waals surface area contributed by atoms with Gasteiger partial charge in [-0.25, -0.2) is 14.4 Å². The van der Waals surface area contributed by atoms with Gasteiger partial charge in [0, 0.05) is 19.1 Å². The zero-order valence-electron chi connectivity index (χ0n) is 9.44. The lowest BCUT2D eigenvalue weighted by Crippen LogP contribution is -2.14. The van der Waals surface area contributed by atoms with Crippen molar-refractivity contribution in [2.45, 2.75) is 18.6 Å². The summed E-state index contributed by atoms with van der Waals surface area (Å²) < 4.78 is 8.76. The van der Waals surface area contributed by atoms with E-state index in [1.165, 1.54) is 0 Å². The number of epoxide rings is 1. The molecule has 2 unspecified atom stereocenters. The van der Waals surface area contributed by atoms with Crippen LogP contribution in [0.15, 0.2) is 12.7 Å². The third kappa shape index (κ3) is 6.61. The fraction of sp³-hybridized carbons (Fsp3) is 0.500. The molecule has 1 heterocycles. The molecule has 0 saturated carbocycles. The molecule has 1 aliphatic heterocycles. The summed E-state index contributed by atoms with van der Waals surface area (Å²) in [6, 6.07) is 0. The highest BCUT2D eigenvalue weighted by Gasteiger charge is 2.50. The number of aliphatic hydroxyl groups excluding tert-OH is 1. The number of carboxylic acids is 2. The topological polar surface area (TPSA) is 134 Å². The van der Waals surface area contributed by atoms with Crippen molar-refractivity contribution in [1.29, 1.82) is 0 Å². The Labute approximate surface area is 102 Å². The fourth-order valence-corrected chi connectivity index (χ4v) is 0.784. The highest BCUT2D eigenvalue weighted by atomic mass is 16.6. The van der Waals surface area contributed by atoms with Crippen LogP contribution in [-0.2, 0) is 23.9 Å². The Morgan fingerprint density at radius 1 is 1.22 bits per heavy atom. The van der Waals surface area contributed by atoms with E-state index in [1.54, 1.807) is 0 Å². The van der Waals surface area contributed by atoms with Crippen LogP contribution in [0, 0.1) is 0 Å². The van der Waals surface area contributed by atoms with Gasteiger partial charge in [0.25, 0.3) is 0 Å². The Balaban J connectivity index is 0.000000321. The molecule has 1 fully saturated rings. The molecule has 0 aliphatic carbocycles. The van der Waals surface area contributed by atoms with E-state index in [4.69, 9.17) is 15.3 Å². The van der Waals surface area contributed by atoms with Gasteiger partial charge in [0.2, 0.25) is 0 Å². The predicted molar refractivity (Wildman–Crippen MR) is 56.8 cm³/mol. The molecule has 102 valence electrons. The van der Waals surface area contributed by atoms with Gasteiger partial charge in [-0.05, 0) is 0 Å². The van der Waals surface area contributed by atoms with Crippen LogP contribution >= 0.6 is 0 Å². The number of hydrogen-bond acceptors (Lipinski definition) is 6. The first kappa shape index (κ1) is 16.1. The highest BCUT2D eigenvalue weighted by molar-refractivity contribution is 5.87. The van der Waals surface area contributed by atoms with Crippen LogP contribution in [0.2, 0.25) is 0 Å². The molecule has 0 spiro atoms. The minimum Gasteiger partial charge on any atom is -0.479 e. The average Bonchev–Trinajstić information content (AvgIpc) is 3.10. The first-order chi connectivity index (χ1) is 8.43. The van der Waals surface area contributed by atoms with Crippen LogP contribution < -0.4 is 0 Å².